The highest BCUT2D eigenvalue weighted by Gasteiger charge is 2.25. The first kappa shape index (κ1) is 11.8. The Hall–Kier alpha value is -0.680. The van der Waals surface area contributed by atoms with E-state index < -0.39 is 0 Å². The molecule has 2 rings (SSSR count). The average Bonchev–Trinajstić information content (AvgIpc) is 2.64. The van der Waals surface area contributed by atoms with E-state index in [0.717, 1.165) is 37.0 Å². The Bertz CT molecular complexity index is 351. The number of nitrogens with two attached hydrogens (primary N) is 1. The van der Waals surface area contributed by atoms with Crippen LogP contribution in [0.1, 0.15) is 26.0 Å². The molecule has 1 saturated heterocycles. The lowest BCUT2D eigenvalue weighted by atomic mass is 10.1. The SMILES string of the molecule is CC1(C)CCN(c2nc(CN)co2)CCS1. The molecule has 0 aliphatic carbocycles. The van der Waals surface area contributed by atoms with E-state index in [2.05, 4.69) is 23.7 Å². The van der Waals surface area contributed by atoms with Crippen molar-refractivity contribution in [1.82, 2.24) is 4.98 Å². The van der Waals surface area contributed by atoms with E-state index in [0.29, 0.717) is 11.3 Å². The Morgan fingerprint density at radius 3 is 3.06 bits per heavy atom. The van der Waals surface area contributed by atoms with Gasteiger partial charge in [0.2, 0.25) is 0 Å². The fourth-order valence-electron chi connectivity index (χ4n) is 1.75. The Kier molecular flexibility index (Phi) is 3.44. The molecule has 2 N–H and O–H groups in total. The Morgan fingerprint density at radius 2 is 2.38 bits per heavy atom. The summed E-state index contributed by atoms with van der Waals surface area (Å²) in [5.41, 5.74) is 6.35. The highest BCUT2D eigenvalue weighted by molar-refractivity contribution is 8.00. The summed E-state index contributed by atoms with van der Waals surface area (Å²) in [4.78, 5) is 6.58. The van der Waals surface area contributed by atoms with Crippen molar-refractivity contribution < 1.29 is 4.42 Å². The third-order valence-corrected chi connectivity index (χ3v) is 4.23. The molecule has 16 heavy (non-hydrogen) atoms. The molecule has 5 heteroatoms. The van der Waals surface area contributed by atoms with Gasteiger partial charge >= 0.3 is 0 Å². The van der Waals surface area contributed by atoms with Crippen LogP contribution in [0.5, 0.6) is 0 Å². The van der Waals surface area contributed by atoms with Gasteiger partial charge in [-0.25, -0.2) is 0 Å². The molecule has 0 bridgehead atoms. The molecule has 1 aliphatic rings. The van der Waals surface area contributed by atoms with Gasteiger partial charge in [-0.15, -0.1) is 0 Å². The minimum atomic E-state index is 0.359. The molecule has 0 radical (unpaired) electrons. The van der Waals surface area contributed by atoms with Crippen LogP contribution in [0.4, 0.5) is 6.01 Å². The van der Waals surface area contributed by atoms with Crippen molar-refractivity contribution in [3.63, 3.8) is 0 Å². The van der Waals surface area contributed by atoms with Gasteiger partial charge in [-0.05, 0) is 6.42 Å². The van der Waals surface area contributed by atoms with Gasteiger partial charge in [-0.1, -0.05) is 13.8 Å². The lowest BCUT2D eigenvalue weighted by molar-refractivity contribution is 0.526. The third kappa shape index (κ3) is 2.71. The fraction of sp³-hybridized carbons (Fsp3) is 0.727. The standard InChI is InChI=1S/C11H19N3OS/c1-11(2)3-4-14(5-6-16-11)10-13-9(7-12)8-15-10/h8H,3-7,12H2,1-2H3. The van der Waals surface area contributed by atoms with Gasteiger partial charge in [0.1, 0.15) is 6.26 Å². The highest BCUT2D eigenvalue weighted by atomic mass is 32.2. The Balaban J connectivity index is 2.04. The van der Waals surface area contributed by atoms with Crippen LogP contribution in [0.3, 0.4) is 0 Å². The van der Waals surface area contributed by atoms with E-state index in [-0.39, 0.29) is 0 Å². The number of oxazole rings is 1. The second-order valence-corrected chi connectivity index (χ2v) is 6.47. The maximum Gasteiger partial charge on any atom is 0.297 e. The second kappa shape index (κ2) is 4.67. The van der Waals surface area contributed by atoms with Gasteiger partial charge in [0.25, 0.3) is 6.01 Å². The molecule has 0 atom stereocenters. The van der Waals surface area contributed by atoms with Crippen LogP contribution in [0.25, 0.3) is 0 Å². The van der Waals surface area contributed by atoms with Crippen LogP contribution in [0.2, 0.25) is 0 Å². The summed E-state index contributed by atoms with van der Waals surface area (Å²) >= 11 is 2.02. The number of nitrogens with zero attached hydrogens (tertiary/aromatic N) is 2. The molecule has 0 saturated carbocycles. The number of hydrogen-bond donors (Lipinski definition) is 1. The number of aromatic nitrogens is 1. The minimum absolute atomic E-state index is 0.359. The molecule has 0 unspecified atom stereocenters. The molecule has 2 heterocycles. The number of hydrogen-bond acceptors (Lipinski definition) is 5. The van der Waals surface area contributed by atoms with Crippen molar-refractivity contribution in [3.05, 3.63) is 12.0 Å². The zero-order valence-corrected chi connectivity index (χ0v) is 10.7. The molecule has 1 aliphatic heterocycles. The van der Waals surface area contributed by atoms with Crippen molar-refractivity contribution in [2.24, 2.45) is 5.73 Å². The summed E-state index contributed by atoms with van der Waals surface area (Å²) in [6.07, 6.45) is 2.80. The molecule has 0 amide bonds. The first-order valence-electron chi connectivity index (χ1n) is 5.64. The van der Waals surface area contributed by atoms with E-state index in [9.17, 15) is 0 Å². The average molecular weight is 241 g/mol. The van der Waals surface area contributed by atoms with Gasteiger partial charge in [0.15, 0.2) is 0 Å². The predicted octanol–water partition coefficient (Wildman–Crippen LogP) is 1.86. The molecule has 1 fully saturated rings. The summed E-state index contributed by atoms with van der Waals surface area (Å²) < 4.78 is 5.80. The van der Waals surface area contributed by atoms with Crippen molar-refractivity contribution >= 4 is 17.8 Å². The van der Waals surface area contributed by atoms with Crippen molar-refractivity contribution in [1.29, 1.82) is 0 Å². The molecule has 0 aromatic carbocycles. The maximum atomic E-state index is 5.52. The molecule has 1 aromatic rings. The van der Waals surface area contributed by atoms with Crippen LogP contribution in [0.15, 0.2) is 10.7 Å². The smallest absolute Gasteiger partial charge is 0.297 e. The number of anilines is 1. The van der Waals surface area contributed by atoms with E-state index in [4.69, 9.17) is 10.2 Å². The first-order valence-corrected chi connectivity index (χ1v) is 6.63. The highest BCUT2D eigenvalue weighted by Crippen LogP contribution is 2.31. The van der Waals surface area contributed by atoms with Crippen molar-refractivity contribution in [3.8, 4) is 0 Å². The zero-order valence-electron chi connectivity index (χ0n) is 9.90. The van der Waals surface area contributed by atoms with Crippen LogP contribution < -0.4 is 10.6 Å². The molecular formula is C11H19N3OS. The molecule has 0 spiro atoms. The topological polar surface area (TPSA) is 55.3 Å². The lowest BCUT2D eigenvalue weighted by Gasteiger charge is -2.21. The summed E-state index contributed by atoms with van der Waals surface area (Å²) in [6.45, 7) is 7.03. The monoisotopic (exact) mass is 241 g/mol. The van der Waals surface area contributed by atoms with Crippen LogP contribution in [0, 0.1) is 0 Å². The molecule has 4 nitrogen and oxygen atoms in total. The quantitative estimate of drug-likeness (QED) is 0.856. The van der Waals surface area contributed by atoms with E-state index in [1.165, 1.54) is 0 Å². The minimum Gasteiger partial charge on any atom is -0.432 e. The third-order valence-electron chi connectivity index (χ3n) is 2.86. The maximum absolute atomic E-state index is 5.52. The lowest BCUT2D eigenvalue weighted by Crippen LogP contribution is -2.27. The zero-order chi connectivity index (χ0) is 11.6. The van der Waals surface area contributed by atoms with Gasteiger partial charge in [-0.3, -0.25) is 0 Å². The van der Waals surface area contributed by atoms with Gasteiger partial charge in [-0.2, -0.15) is 16.7 Å². The van der Waals surface area contributed by atoms with Crippen LogP contribution >= 0.6 is 11.8 Å². The molecular weight excluding hydrogens is 222 g/mol. The molecule has 90 valence electrons. The summed E-state index contributed by atoms with van der Waals surface area (Å²) in [7, 11) is 0. The summed E-state index contributed by atoms with van der Waals surface area (Å²) in [5, 5.41) is 0. The first-order chi connectivity index (χ1) is 7.61. The van der Waals surface area contributed by atoms with Gasteiger partial charge < -0.3 is 15.1 Å². The predicted molar refractivity (Wildman–Crippen MR) is 67.8 cm³/mol. The normalized spacial score (nSPS) is 20.8. The Labute approximate surface area is 101 Å². The Morgan fingerprint density at radius 1 is 1.56 bits per heavy atom. The van der Waals surface area contributed by atoms with E-state index in [1.54, 1.807) is 6.26 Å². The van der Waals surface area contributed by atoms with Gasteiger partial charge in [0.05, 0.1) is 5.69 Å². The second-order valence-electron chi connectivity index (χ2n) is 4.67. The summed E-state index contributed by atoms with van der Waals surface area (Å²) in [6, 6.07) is 0.721. The van der Waals surface area contributed by atoms with Crippen LogP contribution in [-0.4, -0.2) is 28.6 Å². The number of thioether (sulfide) groups is 1. The van der Waals surface area contributed by atoms with Gasteiger partial charge in [0, 0.05) is 30.1 Å². The van der Waals surface area contributed by atoms with Crippen molar-refractivity contribution in [2.45, 2.75) is 31.6 Å². The van der Waals surface area contributed by atoms with Crippen molar-refractivity contribution in [2.75, 3.05) is 23.7 Å². The largest absolute Gasteiger partial charge is 0.432 e. The van der Waals surface area contributed by atoms with E-state index >= 15 is 0 Å². The molecule has 1 aromatic heterocycles. The van der Waals surface area contributed by atoms with Crippen LogP contribution in [-0.2, 0) is 6.54 Å². The summed E-state index contributed by atoms with van der Waals surface area (Å²) in [5.74, 6) is 1.12. The van der Waals surface area contributed by atoms with E-state index in [1.807, 2.05) is 11.8 Å². The fourth-order valence-corrected chi connectivity index (χ4v) is 2.85. The number of rotatable bonds is 2.